The molecule has 0 saturated carbocycles. The van der Waals surface area contributed by atoms with Gasteiger partial charge < -0.3 is 0 Å². The van der Waals surface area contributed by atoms with E-state index in [4.69, 9.17) is 0 Å². The normalized spacial score (nSPS) is 11.0. The van der Waals surface area contributed by atoms with Gasteiger partial charge in [-0.3, -0.25) is 4.79 Å². The minimum absolute atomic E-state index is 0.0225. The Hall–Kier alpha value is -2.04. The van der Waals surface area contributed by atoms with Crippen molar-refractivity contribution in [2.45, 2.75) is 0 Å². The standard InChI is InChI=1S/C16H11NOS2/c18-14(15-7-4-10-19-15)9-8-13-11-20-16(17-13)12-5-2-1-3-6-12/h1-11H/b9-8+. The van der Waals surface area contributed by atoms with Crippen LogP contribution in [0.15, 0.2) is 59.3 Å². The van der Waals surface area contributed by atoms with E-state index >= 15 is 0 Å². The Balaban J connectivity index is 1.76. The lowest BCUT2D eigenvalue weighted by molar-refractivity contribution is 0.105. The third-order valence-corrected chi connectivity index (χ3v) is 4.51. The Labute approximate surface area is 125 Å². The smallest absolute Gasteiger partial charge is 0.195 e. The maximum Gasteiger partial charge on any atom is 0.195 e. The number of carbonyl (C=O) groups excluding carboxylic acids is 1. The number of ketones is 1. The lowest BCUT2D eigenvalue weighted by atomic mass is 10.2. The van der Waals surface area contributed by atoms with Gasteiger partial charge in [0.05, 0.1) is 10.6 Å². The number of benzene rings is 1. The highest BCUT2D eigenvalue weighted by molar-refractivity contribution is 7.13. The summed E-state index contributed by atoms with van der Waals surface area (Å²) in [5.41, 5.74) is 1.92. The molecule has 2 aromatic heterocycles. The molecule has 2 nitrogen and oxygen atoms in total. The number of hydrogen-bond acceptors (Lipinski definition) is 4. The van der Waals surface area contributed by atoms with Crippen LogP contribution in [-0.4, -0.2) is 10.8 Å². The highest BCUT2D eigenvalue weighted by atomic mass is 32.1. The molecule has 3 rings (SSSR count). The number of aromatic nitrogens is 1. The average Bonchev–Trinajstić information content (AvgIpc) is 3.17. The van der Waals surface area contributed by atoms with E-state index in [1.807, 2.05) is 53.2 Å². The number of thiazole rings is 1. The molecule has 0 unspecified atom stereocenters. The molecule has 0 aliphatic heterocycles. The first-order valence-corrected chi connectivity index (χ1v) is 7.86. The molecule has 0 atom stereocenters. The van der Waals surface area contributed by atoms with Crippen LogP contribution < -0.4 is 0 Å². The first-order chi connectivity index (χ1) is 9.83. The molecule has 0 bridgehead atoms. The van der Waals surface area contributed by atoms with Crippen LogP contribution in [0.4, 0.5) is 0 Å². The fourth-order valence-electron chi connectivity index (χ4n) is 1.74. The largest absolute Gasteiger partial charge is 0.288 e. The van der Waals surface area contributed by atoms with E-state index in [-0.39, 0.29) is 5.78 Å². The quantitative estimate of drug-likeness (QED) is 0.513. The van der Waals surface area contributed by atoms with Crippen molar-refractivity contribution >= 4 is 34.5 Å². The fourth-order valence-corrected chi connectivity index (χ4v) is 3.18. The molecule has 0 aliphatic carbocycles. The van der Waals surface area contributed by atoms with Crippen LogP contribution in [-0.2, 0) is 0 Å². The molecule has 0 amide bonds. The van der Waals surface area contributed by atoms with Gasteiger partial charge >= 0.3 is 0 Å². The Kier molecular flexibility index (Phi) is 3.85. The summed E-state index contributed by atoms with van der Waals surface area (Å²) >= 11 is 3.03. The van der Waals surface area contributed by atoms with E-state index in [0.29, 0.717) is 0 Å². The molecule has 1 aromatic carbocycles. The Morgan fingerprint density at radius 2 is 1.90 bits per heavy atom. The van der Waals surface area contributed by atoms with Crippen molar-refractivity contribution < 1.29 is 4.79 Å². The highest BCUT2D eigenvalue weighted by Gasteiger charge is 2.04. The van der Waals surface area contributed by atoms with Crippen molar-refractivity contribution in [1.82, 2.24) is 4.98 Å². The maximum absolute atomic E-state index is 11.9. The van der Waals surface area contributed by atoms with E-state index in [2.05, 4.69) is 4.98 Å². The summed E-state index contributed by atoms with van der Waals surface area (Å²) in [6.07, 6.45) is 3.35. The zero-order valence-electron chi connectivity index (χ0n) is 10.5. The van der Waals surface area contributed by atoms with Crippen LogP contribution in [0.3, 0.4) is 0 Å². The Bertz CT molecular complexity index is 727. The second-order valence-corrected chi connectivity index (χ2v) is 5.92. The number of rotatable bonds is 4. The van der Waals surface area contributed by atoms with Crippen LogP contribution in [0.5, 0.6) is 0 Å². The van der Waals surface area contributed by atoms with Crippen molar-refractivity contribution in [1.29, 1.82) is 0 Å². The van der Waals surface area contributed by atoms with E-state index in [9.17, 15) is 4.79 Å². The van der Waals surface area contributed by atoms with Crippen LogP contribution in [0.25, 0.3) is 16.6 Å². The van der Waals surface area contributed by atoms with Gasteiger partial charge in [-0.2, -0.15) is 0 Å². The van der Waals surface area contributed by atoms with Crippen LogP contribution in [0, 0.1) is 0 Å². The zero-order chi connectivity index (χ0) is 13.8. The van der Waals surface area contributed by atoms with Crippen molar-refractivity contribution in [3.8, 4) is 10.6 Å². The summed E-state index contributed by atoms with van der Waals surface area (Å²) in [5.74, 6) is 0.0225. The molecule has 3 aromatic rings. The molecule has 0 aliphatic rings. The molecule has 0 fully saturated rings. The summed E-state index contributed by atoms with van der Waals surface area (Å²) < 4.78 is 0. The molecule has 98 valence electrons. The number of hydrogen-bond donors (Lipinski definition) is 0. The van der Waals surface area contributed by atoms with Crippen LogP contribution in [0.1, 0.15) is 15.4 Å². The van der Waals surface area contributed by atoms with Crippen molar-refractivity contribution in [3.63, 3.8) is 0 Å². The third kappa shape index (κ3) is 2.92. The first kappa shape index (κ1) is 13.0. The molecule has 2 heterocycles. The second-order valence-electron chi connectivity index (χ2n) is 4.12. The summed E-state index contributed by atoms with van der Waals surface area (Å²) in [5, 5.41) is 4.83. The summed E-state index contributed by atoms with van der Waals surface area (Å²) in [6, 6.07) is 13.7. The number of carbonyl (C=O) groups is 1. The minimum Gasteiger partial charge on any atom is -0.288 e. The molecule has 0 saturated heterocycles. The van der Waals surface area contributed by atoms with Gasteiger partial charge in [-0.05, 0) is 23.6 Å². The average molecular weight is 297 g/mol. The summed E-state index contributed by atoms with van der Waals surface area (Å²) in [6.45, 7) is 0. The van der Waals surface area contributed by atoms with Gasteiger partial charge in [-0.15, -0.1) is 22.7 Å². The van der Waals surface area contributed by atoms with Gasteiger partial charge in [0.1, 0.15) is 5.01 Å². The van der Waals surface area contributed by atoms with Gasteiger partial charge in [0, 0.05) is 10.9 Å². The van der Waals surface area contributed by atoms with Crippen molar-refractivity contribution in [2.75, 3.05) is 0 Å². The molecular formula is C16H11NOS2. The number of thiophene rings is 1. The minimum atomic E-state index is 0.0225. The first-order valence-electron chi connectivity index (χ1n) is 6.10. The highest BCUT2D eigenvalue weighted by Crippen LogP contribution is 2.23. The molecular weight excluding hydrogens is 286 g/mol. The van der Waals surface area contributed by atoms with E-state index in [1.54, 1.807) is 23.5 Å². The summed E-state index contributed by atoms with van der Waals surface area (Å²) in [4.78, 5) is 17.1. The van der Waals surface area contributed by atoms with E-state index in [0.717, 1.165) is 21.1 Å². The Morgan fingerprint density at radius 1 is 1.05 bits per heavy atom. The van der Waals surface area contributed by atoms with E-state index in [1.165, 1.54) is 11.3 Å². The van der Waals surface area contributed by atoms with Gasteiger partial charge in [-0.1, -0.05) is 36.4 Å². The van der Waals surface area contributed by atoms with Crippen molar-refractivity contribution in [2.24, 2.45) is 0 Å². The Morgan fingerprint density at radius 3 is 2.65 bits per heavy atom. The maximum atomic E-state index is 11.9. The molecule has 0 N–H and O–H groups in total. The monoisotopic (exact) mass is 297 g/mol. The van der Waals surface area contributed by atoms with Crippen molar-refractivity contribution in [3.05, 3.63) is 69.9 Å². The van der Waals surface area contributed by atoms with Gasteiger partial charge in [-0.25, -0.2) is 4.98 Å². The van der Waals surface area contributed by atoms with Crippen LogP contribution >= 0.6 is 22.7 Å². The van der Waals surface area contributed by atoms with Gasteiger partial charge in [0.2, 0.25) is 0 Å². The summed E-state index contributed by atoms with van der Waals surface area (Å²) in [7, 11) is 0. The predicted molar refractivity (Wildman–Crippen MR) is 85.2 cm³/mol. The zero-order valence-corrected chi connectivity index (χ0v) is 12.2. The fraction of sp³-hybridized carbons (Fsp3) is 0. The topological polar surface area (TPSA) is 30.0 Å². The van der Waals surface area contributed by atoms with Crippen LogP contribution in [0.2, 0.25) is 0 Å². The predicted octanol–water partition coefficient (Wildman–Crippen LogP) is 4.77. The molecule has 0 spiro atoms. The third-order valence-electron chi connectivity index (χ3n) is 2.71. The van der Waals surface area contributed by atoms with Gasteiger partial charge in [0.15, 0.2) is 5.78 Å². The SMILES string of the molecule is O=C(/C=C/c1csc(-c2ccccc2)n1)c1cccs1. The van der Waals surface area contributed by atoms with E-state index < -0.39 is 0 Å². The van der Waals surface area contributed by atoms with Gasteiger partial charge in [0.25, 0.3) is 0 Å². The lowest BCUT2D eigenvalue weighted by Gasteiger charge is -1.93. The second kappa shape index (κ2) is 5.94. The molecule has 0 radical (unpaired) electrons. The molecule has 20 heavy (non-hydrogen) atoms. The number of nitrogens with zero attached hydrogens (tertiary/aromatic N) is 1. The number of allylic oxidation sites excluding steroid dienone is 1. The lowest BCUT2D eigenvalue weighted by Crippen LogP contribution is -1.88. The molecule has 4 heteroatoms.